The molecule has 150 valence electrons. The Labute approximate surface area is 180 Å². The summed E-state index contributed by atoms with van der Waals surface area (Å²) < 4.78 is 0. The van der Waals surface area contributed by atoms with Crippen molar-refractivity contribution in [3.05, 3.63) is 84.4 Å². The molecule has 3 aromatic carbocycles. The molecule has 0 fully saturated rings. The number of thioether (sulfide) groups is 1. The van der Waals surface area contributed by atoms with Crippen LogP contribution in [0.1, 0.15) is 25.3 Å². The highest BCUT2D eigenvalue weighted by Gasteiger charge is 2.14. The molecule has 4 nitrogen and oxygen atoms in total. The van der Waals surface area contributed by atoms with Gasteiger partial charge < -0.3 is 5.32 Å². The van der Waals surface area contributed by atoms with Crippen LogP contribution in [0.2, 0.25) is 0 Å². The van der Waals surface area contributed by atoms with Gasteiger partial charge in [-0.15, -0.1) is 10.2 Å². The second-order valence-corrected chi connectivity index (χ2v) is 8.31. The van der Waals surface area contributed by atoms with Gasteiger partial charge in [0.15, 0.2) is 0 Å². The third kappa shape index (κ3) is 4.36. The number of aromatic nitrogens is 2. The molecule has 4 aromatic rings. The minimum Gasteiger partial charge on any atom is -0.325 e. The Morgan fingerprint density at radius 2 is 1.53 bits per heavy atom. The zero-order valence-corrected chi connectivity index (χ0v) is 17.8. The zero-order valence-electron chi connectivity index (χ0n) is 17.0. The average molecular weight is 414 g/mol. The maximum absolute atomic E-state index is 12.6. The molecule has 30 heavy (non-hydrogen) atoms. The molecular weight excluding hydrogens is 390 g/mol. The molecule has 1 heterocycles. The van der Waals surface area contributed by atoms with Crippen LogP contribution in [0.25, 0.3) is 22.0 Å². The van der Waals surface area contributed by atoms with E-state index in [-0.39, 0.29) is 11.7 Å². The van der Waals surface area contributed by atoms with Crippen LogP contribution in [0.5, 0.6) is 0 Å². The van der Waals surface area contributed by atoms with Crippen LogP contribution in [-0.2, 0) is 4.79 Å². The van der Waals surface area contributed by atoms with Crippen molar-refractivity contribution in [1.82, 2.24) is 10.2 Å². The van der Waals surface area contributed by atoms with E-state index in [4.69, 9.17) is 0 Å². The van der Waals surface area contributed by atoms with Crippen molar-refractivity contribution < 1.29 is 4.79 Å². The van der Waals surface area contributed by atoms with Gasteiger partial charge in [-0.1, -0.05) is 98.4 Å². The lowest BCUT2D eigenvalue weighted by molar-refractivity contribution is -0.113. The van der Waals surface area contributed by atoms with Crippen molar-refractivity contribution in [2.75, 3.05) is 11.1 Å². The third-order valence-corrected chi connectivity index (χ3v) is 5.88. The molecule has 5 heteroatoms. The molecule has 0 aliphatic rings. The van der Waals surface area contributed by atoms with Crippen LogP contribution in [0, 0.1) is 0 Å². The van der Waals surface area contributed by atoms with Crippen molar-refractivity contribution in [3.8, 4) is 11.3 Å². The number of benzene rings is 3. The quantitative estimate of drug-likeness (QED) is 0.385. The molecule has 0 unspecified atom stereocenters. The highest BCUT2D eigenvalue weighted by Crippen LogP contribution is 2.32. The van der Waals surface area contributed by atoms with Crippen molar-refractivity contribution in [2.45, 2.75) is 24.8 Å². The molecule has 0 bridgehead atoms. The summed E-state index contributed by atoms with van der Waals surface area (Å²) in [6.45, 7) is 4.24. The SMILES string of the molecule is CC(C)c1ccccc1NC(=O)CSc1nnc(-c2ccccc2)c2ccccc12. The predicted molar refractivity (Wildman–Crippen MR) is 125 cm³/mol. The van der Waals surface area contributed by atoms with E-state index in [2.05, 4.69) is 41.5 Å². The molecule has 0 atom stereocenters. The van der Waals surface area contributed by atoms with Crippen LogP contribution in [-0.4, -0.2) is 21.9 Å². The zero-order chi connectivity index (χ0) is 20.9. The van der Waals surface area contributed by atoms with Crippen molar-refractivity contribution in [1.29, 1.82) is 0 Å². The summed E-state index contributed by atoms with van der Waals surface area (Å²) in [5.41, 5.74) is 3.88. The van der Waals surface area contributed by atoms with Gasteiger partial charge >= 0.3 is 0 Å². The summed E-state index contributed by atoms with van der Waals surface area (Å²) in [5.74, 6) is 0.566. The fraction of sp³-hybridized carbons (Fsp3) is 0.160. The molecule has 0 radical (unpaired) electrons. The summed E-state index contributed by atoms with van der Waals surface area (Å²) in [6, 6.07) is 26.0. The van der Waals surface area contributed by atoms with Crippen molar-refractivity contribution in [2.24, 2.45) is 0 Å². The van der Waals surface area contributed by atoms with E-state index in [0.717, 1.165) is 38.3 Å². The minimum absolute atomic E-state index is 0.0499. The van der Waals surface area contributed by atoms with E-state index in [1.165, 1.54) is 11.8 Å². The number of carbonyl (C=O) groups is 1. The molecule has 4 rings (SSSR count). The summed E-state index contributed by atoms with van der Waals surface area (Å²) in [6.07, 6.45) is 0. The first-order valence-electron chi connectivity index (χ1n) is 9.96. The van der Waals surface area contributed by atoms with E-state index in [1.807, 2.05) is 66.7 Å². The van der Waals surface area contributed by atoms with Gasteiger partial charge in [-0.3, -0.25) is 4.79 Å². The van der Waals surface area contributed by atoms with Gasteiger partial charge in [0.1, 0.15) is 10.7 Å². The Morgan fingerprint density at radius 1 is 0.867 bits per heavy atom. The molecule has 0 saturated carbocycles. The van der Waals surface area contributed by atoms with Crippen molar-refractivity contribution in [3.63, 3.8) is 0 Å². The summed E-state index contributed by atoms with van der Waals surface area (Å²) in [5, 5.41) is 14.8. The third-order valence-electron chi connectivity index (χ3n) is 4.90. The van der Waals surface area contributed by atoms with Crippen LogP contribution in [0.3, 0.4) is 0 Å². The lowest BCUT2D eigenvalue weighted by Crippen LogP contribution is -2.15. The fourth-order valence-corrected chi connectivity index (χ4v) is 4.20. The van der Waals surface area contributed by atoms with Crippen LogP contribution in [0.4, 0.5) is 5.69 Å². The highest BCUT2D eigenvalue weighted by molar-refractivity contribution is 8.00. The second-order valence-electron chi connectivity index (χ2n) is 7.34. The summed E-state index contributed by atoms with van der Waals surface area (Å²) >= 11 is 1.41. The number of para-hydroxylation sites is 1. The Bertz CT molecular complexity index is 1180. The number of hydrogen-bond acceptors (Lipinski definition) is 4. The summed E-state index contributed by atoms with van der Waals surface area (Å²) in [4.78, 5) is 12.6. The normalized spacial score (nSPS) is 11.0. The Kier molecular flexibility index (Phi) is 6.10. The van der Waals surface area contributed by atoms with E-state index < -0.39 is 0 Å². The van der Waals surface area contributed by atoms with Crippen LogP contribution >= 0.6 is 11.8 Å². The predicted octanol–water partition coefficient (Wildman–Crippen LogP) is 6.15. The number of amides is 1. The number of hydrogen-bond donors (Lipinski definition) is 1. The second kappa shape index (κ2) is 9.09. The fourth-order valence-electron chi connectivity index (χ4n) is 3.43. The standard InChI is InChI=1S/C25H23N3OS/c1-17(2)19-12-8-9-15-22(19)26-23(29)16-30-25-21-14-7-6-13-20(21)24(27-28-25)18-10-4-3-5-11-18/h3-15,17H,16H2,1-2H3,(H,26,29). The Hall–Kier alpha value is -3.18. The number of anilines is 1. The van der Waals surface area contributed by atoms with Crippen LogP contribution in [0.15, 0.2) is 83.9 Å². The minimum atomic E-state index is -0.0499. The highest BCUT2D eigenvalue weighted by atomic mass is 32.2. The molecule has 1 amide bonds. The van der Waals surface area contributed by atoms with Gasteiger partial charge in [-0.25, -0.2) is 0 Å². The number of nitrogens with one attached hydrogen (secondary N) is 1. The number of carbonyl (C=O) groups excluding carboxylic acids is 1. The van der Waals surface area contributed by atoms with Gasteiger partial charge in [0.05, 0.1) is 5.75 Å². The monoisotopic (exact) mass is 413 g/mol. The first-order valence-corrected chi connectivity index (χ1v) is 10.9. The molecule has 1 N–H and O–H groups in total. The number of rotatable bonds is 6. The summed E-state index contributed by atoms with van der Waals surface area (Å²) in [7, 11) is 0. The molecule has 0 aliphatic carbocycles. The van der Waals surface area contributed by atoms with Crippen molar-refractivity contribution >= 4 is 34.1 Å². The smallest absolute Gasteiger partial charge is 0.234 e. The molecule has 0 aliphatic heterocycles. The lowest BCUT2D eigenvalue weighted by atomic mass is 10.0. The maximum atomic E-state index is 12.6. The van der Waals surface area contributed by atoms with Gasteiger partial charge in [0.2, 0.25) is 5.91 Å². The van der Waals surface area contributed by atoms with Gasteiger partial charge in [-0.05, 0) is 17.5 Å². The van der Waals surface area contributed by atoms with E-state index >= 15 is 0 Å². The first-order chi connectivity index (χ1) is 14.6. The molecule has 0 spiro atoms. The van der Waals surface area contributed by atoms with Crippen LogP contribution < -0.4 is 5.32 Å². The number of nitrogens with zero attached hydrogens (tertiary/aromatic N) is 2. The van der Waals surface area contributed by atoms with Gasteiger partial charge in [0.25, 0.3) is 0 Å². The van der Waals surface area contributed by atoms with E-state index in [9.17, 15) is 4.79 Å². The average Bonchev–Trinajstić information content (AvgIpc) is 2.78. The molecule has 0 saturated heterocycles. The lowest BCUT2D eigenvalue weighted by Gasteiger charge is -2.13. The van der Waals surface area contributed by atoms with E-state index in [0.29, 0.717) is 5.92 Å². The van der Waals surface area contributed by atoms with Gasteiger partial charge in [0, 0.05) is 22.0 Å². The first kappa shape index (κ1) is 20.1. The maximum Gasteiger partial charge on any atom is 0.234 e. The largest absolute Gasteiger partial charge is 0.325 e. The molecular formula is C25H23N3OS. The van der Waals surface area contributed by atoms with E-state index in [1.54, 1.807) is 0 Å². The molecule has 1 aromatic heterocycles. The Balaban J connectivity index is 1.55. The number of fused-ring (bicyclic) bond motifs is 1. The topological polar surface area (TPSA) is 54.9 Å². The van der Waals surface area contributed by atoms with Gasteiger partial charge in [-0.2, -0.15) is 0 Å². The Morgan fingerprint density at radius 3 is 2.30 bits per heavy atom.